The first-order valence-corrected chi connectivity index (χ1v) is 7.61. The lowest BCUT2D eigenvalue weighted by molar-refractivity contribution is 0.0320. The molecule has 1 atom stereocenters. The van der Waals surface area contributed by atoms with Crippen molar-refractivity contribution < 1.29 is 14.3 Å². The number of hydrogen-bond donors (Lipinski definition) is 1. The van der Waals surface area contributed by atoms with Crippen LogP contribution in [0.3, 0.4) is 0 Å². The quantitative estimate of drug-likeness (QED) is 0.506. The molecule has 120 valence electrons. The van der Waals surface area contributed by atoms with E-state index in [0.29, 0.717) is 5.56 Å². The van der Waals surface area contributed by atoms with Crippen molar-refractivity contribution in [2.45, 2.75) is 20.0 Å². The second-order valence-electron chi connectivity index (χ2n) is 5.13. The van der Waals surface area contributed by atoms with Crippen molar-refractivity contribution >= 4 is 40.6 Å². The number of ether oxygens (including phenoxy) is 1. The number of halogens is 2. The van der Waals surface area contributed by atoms with Crippen molar-refractivity contribution in [3.8, 4) is 0 Å². The first kappa shape index (κ1) is 17.3. The van der Waals surface area contributed by atoms with Gasteiger partial charge in [-0.05, 0) is 26.0 Å². The molecule has 0 unspecified atom stereocenters. The standard InChI is InChI=1S/C17H15Cl2NO3/c1-9-3-5-11(6-4-9)16(21)10(2)23-17(22)13-7-12(18)8-14(19)15(13)20/h3-8,10H,20H2,1-2H3/t10-/m1/s1. The minimum atomic E-state index is -0.956. The van der Waals surface area contributed by atoms with Crippen molar-refractivity contribution in [3.63, 3.8) is 0 Å². The van der Waals surface area contributed by atoms with Crippen LogP contribution in [-0.4, -0.2) is 17.9 Å². The lowest BCUT2D eigenvalue weighted by atomic mass is 10.1. The number of aryl methyl sites for hydroxylation is 1. The first-order valence-electron chi connectivity index (χ1n) is 6.86. The Morgan fingerprint density at radius 3 is 2.35 bits per heavy atom. The van der Waals surface area contributed by atoms with Gasteiger partial charge in [0.15, 0.2) is 6.10 Å². The van der Waals surface area contributed by atoms with Crippen molar-refractivity contribution in [1.82, 2.24) is 0 Å². The Balaban J connectivity index is 2.16. The Hall–Kier alpha value is -2.04. The third-order valence-corrected chi connectivity index (χ3v) is 3.83. The molecule has 0 fully saturated rings. The van der Waals surface area contributed by atoms with E-state index in [-0.39, 0.29) is 27.1 Å². The third-order valence-electron chi connectivity index (χ3n) is 3.30. The van der Waals surface area contributed by atoms with Gasteiger partial charge in [-0.3, -0.25) is 4.79 Å². The lowest BCUT2D eigenvalue weighted by Gasteiger charge is -2.14. The van der Waals surface area contributed by atoms with Gasteiger partial charge in [0.05, 0.1) is 16.3 Å². The minimum Gasteiger partial charge on any atom is -0.451 e. The number of Topliss-reactive ketones (excluding diaryl/α,β-unsaturated/α-hetero) is 1. The summed E-state index contributed by atoms with van der Waals surface area (Å²) in [4.78, 5) is 24.5. The van der Waals surface area contributed by atoms with Crippen LogP contribution in [0.15, 0.2) is 36.4 Å². The summed E-state index contributed by atoms with van der Waals surface area (Å²) < 4.78 is 5.19. The molecule has 0 bridgehead atoms. The van der Waals surface area contributed by atoms with E-state index in [1.54, 1.807) is 12.1 Å². The number of benzene rings is 2. The SMILES string of the molecule is Cc1ccc(C(=O)[C@@H](C)OC(=O)c2cc(Cl)cc(Cl)c2N)cc1. The van der Waals surface area contributed by atoms with Crippen LogP contribution in [0, 0.1) is 6.92 Å². The minimum absolute atomic E-state index is 0.0334. The molecule has 0 spiro atoms. The summed E-state index contributed by atoms with van der Waals surface area (Å²) in [7, 11) is 0. The Labute approximate surface area is 144 Å². The van der Waals surface area contributed by atoms with E-state index in [4.69, 9.17) is 33.7 Å². The number of carbonyl (C=O) groups excluding carboxylic acids is 2. The summed E-state index contributed by atoms with van der Waals surface area (Å²) in [5.41, 5.74) is 7.36. The first-order chi connectivity index (χ1) is 10.8. The second-order valence-corrected chi connectivity index (χ2v) is 5.97. The average molecular weight is 352 g/mol. The predicted molar refractivity (Wildman–Crippen MR) is 91.3 cm³/mol. The zero-order chi connectivity index (χ0) is 17.1. The van der Waals surface area contributed by atoms with Crippen LogP contribution >= 0.6 is 23.2 Å². The Morgan fingerprint density at radius 2 is 1.74 bits per heavy atom. The Bertz CT molecular complexity index is 757. The van der Waals surface area contributed by atoms with Crippen LogP contribution in [-0.2, 0) is 4.74 Å². The molecule has 0 aliphatic carbocycles. The molecule has 0 aliphatic heterocycles. The Kier molecular flexibility index (Phi) is 5.29. The molecular formula is C17H15Cl2NO3. The van der Waals surface area contributed by atoms with Gasteiger partial charge in [0, 0.05) is 10.6 Å². The van der Waals surface area contributed by atoms with Gasteiger partial charge in [-0.1, -0.05) is 53.0 Å². The fourth-order valence-corrected chi connectivity index (χ4v) is 2.48. The third kappa shape index (κ3) is 4.03. The van der Waals surface area contributed by atoms with E-state index in [2.05, 4.69) is 0 Å². The van der Waals surface area contributed by atoms with E-state index >= 15 is 0 Å². The highest BCUT2D eigenvalue weighted by Crippen LogP contribution is 2.28. The van der Waals surface area contributed by atoms with E-state index in [9.17, 15) is 9.59 Å². The molecule has 0 aliphatic rings. The van der Waals surface area contributed by atoms with Crippen molar-refractivity contribution in [2.75, 3.05) is 5.73 Å². The highest BCUT2D eigenvalue weighted by molar-refractivity contribution is 6.37. The molecule has 0 amide bonds. The van der Waals surface area contributed by atoms with Crippen molar-refractivity contribution in [3.05, 3.63) is 63.1 Å². The molecule has 23 heavy (non-hydrogen) atoms. The maximum absolute atomic E-state index is 12.3. The summed E-state index contributed by atoms with van der Waals surface area (Å²) in [6, 6.07) is 9.79. The molecule has 2 aromatic rings. The average Bonchev–Trinajstić information content (AvgIpc) is 2.50. The van der Waals surface area contributed by atoms with Crippen molar-refractivity contribution in [1.29, 1.82) is 0 Å². The van der Waals surface area contributed by atoms with Gasteiger partial charge in [-0.2, -0.15) is 0 Å². The number of nitrogens with two attached hydrogens (primary N) is 1. The molecule has 2 N–H and O–H groups in total. The van der Waals surface area contributed by atoms with Crippen LogP contribution in [0.1, 0.15) is 33.2 Å². The van der Waals surface area contributed by atoms with E-state index < -0.39 is 12.1 Å². The van der Waals surface area contributed by atoms with Crippen LogP contribution < -0.4 is 5.73 Å². The lowest BCUT2D eigenvalue weighted by Crippen LogP contribution is -2.25. The van der Waals surface area contributed by atoms with Gasteiger partial charge >= 0.3 is 5.97 Å². The zero-order valence-corrected chi connectivity index (χ0v) is 14.1. The van der Waals surface area contributed by atoms with E-state index in [1.807, 2.05) is 19.1 Å². The molecule has 0 radical (unpaired) electrons. The van der Waals surface area contributed by atoms with Gasteiger partial charge < -0.3 is 10.5 Å². The summed E-state index contributed by atoms with van der Waals surface area (Å²) in [5.74, 6) is -1.05. The highest BCUT2D eigenvalue weighted by atomic mass is 35.5. The van der Waals surface area contributed by atoms with E-state index in [0.717, 1.165) is 5.56 Å². The van der Waals surface area contributed by atoms with Crippen LogP contribution in [0.25, 0.3) is 0 Å². The monoisotopic (exact) mass is 351 g/mol. The fraction of sp³-hybridized carbons (Fsp3) is 0.176. The molecule has 6 heteroatoms. The summed E-state index contributed by atoms with van der Waals surface area (Å²) >= 11 is 11.8. The molecule has 0 aromatic heterocycles. The molecule has 2 rings (SSSR count). The van der Waals surface area contributed by atoms with Gasteiger partial charge in [0.2, 0.25) is 5.78 Å². The molecular weight excluding hydrogens is 337 g/mol. The maximum atomic E-state index is 12.3. The largest absolute Gasteiger partial charge is 0.451 e. The molecule has 0 saturated heterocycles. The van der Waals surface area contributed by atoms with Gasteiger partial charge in [0.25, 0.3) is 0 Å². The molecule has 0 saturated carbocycles. The van der Waals surface area contributed by atoms with Crippen LogP contribution in [0.5, 0.6) is 0 Å². The summed E-state index contributed by atoms with van der Waals surface area (Å²) in [5, 5.41) is 0.413. The van der Waals surface area contributed by atoms with Gasteiger partial charge in [-0.15, -0.1) is 0 Å². The molecule has 4 nitrogen and oxygen atoms in total. The maximum Gasteiger partial charge on any atom is 0.341 e. The predicted octanol–water partition coefficient (Wildman–Crippen LogP) is 4.31. The zero-order valence-electron chi connectivity index (χ0n) is 12.6. The number of rotatable bonds is 4. The van der Waals surface area contributed by atoms with Crippen molar-refractivity contribution in [2.24, 2.45) is 0 Å². The highest BCUT2D eigenvalue weighted by Gasteiger charge is 2.22. The molecule has 2 aromatic carbocycles. The summed E-state index contributed by atoms with van der Waals surface area (Å²) in [6.07, 6.45) is -0.956. The number of nitrogen functional groups attached to an aromatic ring is 1. The topological polar surface area (TPSA) is 69.4 Å². The van der Waals surface area contributed by atoms with E-state index in [1.165, 1.54) is 19.1 Å². The molecule has 0 heterocycles. The Morgan fingerprint density at radius 1 is 1.13 bits per heavy atom. The van der Waals surface area contributed by atoms with Gasteiger partial charge in [-0.25, -0.2) is 4.79 Å². The fourth-order valence-electron chi connectivity index (χ4n) is 1.98. The second kappa shape index (κ2) is 7.02. The van der Waals surface area contributed by atoms with Crippen LogP contribution in [0.4, 0.5) is 5.69 Å². The number of hydrogen-bond acceptors (Lipinski definition) is 4. The number of carbonyl (C=O) groups is 2. The van der Waals surface area contributed by atoms with Gasteiger partial charge in [0.1, 0.15) is 0 Å². The number of ketones is 1. The summed E-state index contributed by atoms with van der Waals surface area (Å²) in [6.45, 7) is 3.42. The van der Waals surface area contributed by atoms with Crippen LogP contribution in [0.2, 0.25) is 10.0 Å². The number of anilines is 1. The number of esters is 1. The normalized spacial score (nSPS) is 11.8. The smallest absolute Gasteiger partial charge is 0.341 e.